The van der Waals surface area contributed by atoms with Gasteiger partial charge in [-0.05, 0) is 12.5 Å². The fourth-order valence-corrected chi connectivity index (χ4v) is 1.68. The lowest BCUT2D eigenvalue weighted by molar-refractivity contribution is -0.155. The van der Waals surface area contributed by atoms with E-state index in [0.717, 1.165) is 0 Å². The third-order valence-corrected chi connectivity index (χ3v) is 2.60. The summed E-state index contributed by atoms with van der Waals surface area (Å²) in [5.74, 6) is -0.591. The Balaban J connectivity index is 2.23. The van der Waals surface area contributed by atoms with Crippen molar-refractivity contribution in [3.8, 4) is 0 Å². The van der Waals surface area contributed by atoms with Gasteiger partial charge >= 0.3 is 6.18 Å². The number of hydrogen-bond acceptors (Lipinski definition) is 3. The Labute approximate surface area is 112 Å². The highest BCUT2D eigenvalue weighted by atomic mass is 19.4. The molecular formula is C13H11F3N2O2. The average molecular weight is 284 g/mol. The molecule has 1 atom stereocenters. The van der Waals surface area contributed by atoms with Gasteiger partial charge in [-0.1, -0.05) is 35.5 Å². The number of amides is 1. The largest absolute Gasteiger partial charge is 0.412 e. The predicted molar refractivity (Wildman–Crippen MR) is 63.9 cm³/mol. The molecule has 20 heavy (non-hydrogen) atoms. The molecule has 7 heteroatoms. The normalized spacial score (nSPS) is 13.0. The molecule has 4 nitrogen and oxygen atoms in total. The standard InChI is InChI=1S/C13H11F3N2O2/c1-8-7-10(18-20-8)12(19)17-11(13(14,15)16)9-5-3-2-4-6-9/h2-7,11H,1H3,(H,17,19). The van der Waals surface area contributed by atoms with Crippen molar-refractivity contribution in [3.63, 3.8) is 0 Å². The Morgan fingerprint density at radius 2 is 1.95 bits per heavy atom. The molecule has 0 radical (unpaired) electrons. The van der Waals surface area contributed by atoms with Gasteiger partial charge in [-0.2, -0.15) is 13.2 Å². The zero-order valence-corrected chi connectivity index (χ0v) is 10.4. The molecule has 0 bridgehead atoms. The topological polar surface area (TPSA) is 55.1 Å². The molecule has 1 amide bonds. The summed E-state index contributed by atoms with van der Waals surface area (Å²) in [6.45, 7) is 1.54. The number of aryl methyl sites for hydroxylation is 1. The number of carbonyl (C=O) groups is 1. The van der Waals surface area contributed by atoms with E-state index >= 15 is 0 Å². The molecule has 1 unspecified atom stereocenters. The van der Waals surface area contributed by atoms with E-state index in [4.69, 9.17) is 0 Å². The lowest BCUT2D eigenvalue weighted by Gasteiger charge is -2.21. The first-order valence-electron chi connectivity index (χ1n) is 5.74. The first-order chi connectivity index (χ1) is 9.38. The zero-order chi connectivity index (χ0) is 14.8. The quantitative estimate of drug-likeness (QED) is 0.942. The van der Waals surface area contributed by atoms with Gasteiger partial charge in [0.1, 0.15) is 5.76 Å². The molecule has 106 valence electrons. The molecule has 0 aliphatic rings. The summed E-state index contributed by atoms with van der Waals surface area (Å²) in [6.07, 6.45) is -4.60. The first kappa shape index (κ1) is 14.1. The zero-order valence-electron chi connectivity index (χ0n) is 10.4. The smallest absolute Gasteiger partial charge is 0.361 e. The highest BCUT2D eigenvalue weighted by molar-refractivity contribution is 5.92. The van der Waals surface area contributed by atoms with E-state index in [1.54, 1.807) is 13.0 Å². The van der Waals surface area contributed by atoms with Crippen LogP contribution >= 0.6 is 0 Å². The van der Waals surface area contributed by atoms with Gasteiger partial charge in [0.05, 0.1) is 0 Å². The molecule has 0 saturated carbocycles. The molecule has 0 fully saturated rings. The van der Waals surface area contributed by atoms with Crippen molar-refractivity contribution >= 4 is 5.91 Å². The van der Waals surface area contributed by atoms with E-state index in [-0.39, 0.29) is 11.3 Å². The summed E-state index contributed by atoms with van der Waals surface area (Å²) in [5, 5.41) is 5.31. The number of carbonyl (C=O) groups excluding carboxylic acids is 1. The Hall–Kier alpha value is -2.31. The lowest BCUT2D eigenvalue weighted by Crippen LogP contribution is -2.38. The molecule has 0 spiro atoms. The number of alkyl halides is 3. The van der Waals surface area contributed by atoms with Crippen molar-refractivity contribution in [3.05, 3.63) is 53.4 Å². The third kappa shape index (κ3) is 3.17. The number of halogens is 3. The molecule has 2 aromatic rings. The Kier molecular flexibility index (Phi) is 3.78. The van der Waals surface area contributed by atoms with Crippen molar-refractivity contribution in [2.75, 3.05) is 0 Å². The van der Waals surface area contributed by atoms with Crippen molar-refractivity contribution in [1.29, 1.82) is 0 Å². The van der Waals surface area contributed by atoms with Crippen LogP contribution in [0.15, 0.2) is 40.9 Å². The lowest BCUT2D eigenvalue weighted by atomic mass is 10.1. The molecule has 0 aliphatic carbocycles. The van der Waals surface area contributed by atoms with Gasteiger partial charge in [0, 0.05) is 6.07 Å². The first-order valence-corrected chi connectivity index (χ1v) is 5.74. The van der Waals surface area contributed by atoms with E-state index in [1.807, 2.05) is 5.32 Å². The molecule has 1 heterocycles. The fourth-order valence-electron chi connectivity index (χ4n) is 1.68. The number of aromatic nitrogens is 1. The maximum Gasteiger partial charge on any atom is 0.412 e. The summed E-state index contributed by atoms with van der Waals surface area (Å²) in [7, 11) is 0. The Morgan fingerprint density at radius 1 is 1.30 bits per heavy atom. The van der Waals surface area contributed by atoms with Gasteiger partial charge < -0.3 is 9.84 Å². The number of hydrogen-bond donors (Lipinski definition) is 1. The van der Waals surface area contributed by atoms with Crippen LogP contribution in [0.2, 0.25) is 0 Å². The Bertz CT molecular complexity index is 593. The van der Waals surface area contributed by atoms with Crippen LogP contribution in [0.25, 0.3) is 0 Å². The second-order valence-corrected chi connectivity index (χ2v) is 4.18. The van der Waals surface area contributed by atoms with Crippen LogP contribution in [-0.2, 0) is 0 Å². The van der Waals surface area contributed by atoms with E-state index in [1.165, 1.54) is 30.3 Å². The van der Waals surface area contributed by atoms with Gasteiger partial charge in [0.15, 0.2) is 11.7 Å². The number of nitrogens with one attached hydrogen (secondary N) is 1. The minimum atomic E-state index is -4.60. The van der Waals surface area contributed by atoms with Crippen molar-refractivity contribution in [2.45, 2.75) is 19.1 Å². The number of rotatable bonds is 3. The van der Waals surface area contributed by atoms with Gasteiger partial charge in [0.2, 0.25) is 0 Å². The monoisotopic (exact) mass is 284 g/mol. The summed E-state index contributed by atoms with van der Waals surface area (Å²) in [6, 6.07) is 6.32. The van der Waals surface area contributed by atoms with E-state index in [2.05, 4.69) is 9.68 Å². The molecular weight excluding hydrogens is 273 g/mol. The van der Waals surface area contributed by atoms with Gasteiger partial charge in [-0.25, -0.2) is 0 Å². The fraction of sp³-hybridized carbons (Fsp3) is 0.231. The number of nitrogens with zero attached hydrogens (tertiary/aromatic N) is 1. The maximum atomic E-state index is 13.0. The molecule has 0 aliphatic heterocycles. The SMILES string of the molecule is Cc1cc(C(=O)NC(c2ccccc2)C(F)(F)F)no1. The summed E-state index contributed by atoms with van der Waals surface area (Å²) in [5.41, 5.74) is -0.235. The van der Waals surface area contributed by atoms with Crippen LogP contribution in [0.5, 0.6) is 0 Å². The van der Waals surface area contributed by atoms with Crippen molar-refractivity contribution in [2.24, 2.45) is 0 Å². The second kappa shape index (κ2) is 5.36. The van der Waals surface area contributed by atoms with Crippen LogP contribution < -0.4 is 5.32 Å². The molecule has 0 saturated heterocycles. The summed E-state index contributed by atoms with van der Waals surface area (Å²) >= 11 is 0. The minimum absolute atomic E-state index is 0.0476. The highest BCUT2D eigenvalue weighted by Crippen LogP contribution is 2.32. The Morgan fingerprint density at radius 3 is 2.45 bits per heavy atom. The van der Waals surface area contributed by atoms with Crippen LogP contribution in [-0.4, -0.2) is 17.2 Å². The molecule has 1 N–H and O–H groups in total. The molecule has 1 aromatic heterocycles. The predicted octanol–water partition coefficient (Wildman–Crippen LogP) is 3.02. The second-order valence-electron chi connectivity index (χ2n) is 4.18. The van der Waals surface area contributed by atoms with Crippen molar-refractivity contribution < 1.29 is 22.5 Å². The molecule has 2 rings (SSSR count). The summed E-state index contributed by atoms with van der Waals surface area (Å²) < 4.78 is 43.8. The third-order valence-electron chi connectivity index (χ3n) is 2.60. The van der Waals surface area contributed by atoms with Crippen LogP contribution in [0.4, 0.5) is 13.2 Å². The van der Waals surface area contributed by atoms with Crippen LogP contribution in [0, 0.1) is 6.92 Å². The van der Waals surface area contributed by atoms with Gasteiger partial charge in [0.25, 0.3) is 5.91 Å². The van der Waals surface area contributed by atoms with Crippen LogP contribution in [0.3, 0.4) is 0 Å². The number of benzene rings is 1. The van der Waals surface area contributed by atoms with Crippen molar-refractivity contribution in [1.82, 2.24) is 10.5 Å². The minimum Gasteiger partial charge on any atom is -0.361 e. The maximum absolute atomic E-state index is 13.0. The van der Waals surface area contributed by atoms with E-state index in [0.29, 0.717) is 5.76 Å². The average Bonchev–Trinajstić information content (AvgIpc) is 2.82. The van der Waals surface area contributed by atoms with Crippen LogP contribution in [0.1, 0.15) is 27.9 Å². The van der Waals surface area contributed by atoms with E-state index in [9.17, 15) is 18.0 Å². The van der Waals surface area contributed by atoms with Gasteiger partial charge in [-0.15, -0.1) is 0 Å². The summed E-state index contributed by atoms with van der Waals surface area (Å²) in [4.78, 5) is 11.8. The molecule has 1 aromatic carbocycles. The van der Waals surface area contributed by atoms with Gasteiger partial charge in [-0.3, -0.25) is 4.79 Å². The highest BCUT2D eigenvalue weighted by Gasteiger charge is 2.42. The van der Waals surface area contributed by atoms with E-state index < -0.39 is 18.1 Å².